The Kier molecular flexibility index (Phi) is 3.62. The molecule has 1 saturated carbocycles. The van der Waals surface area contributed by atoms with E-state index in [0.29, 0.717) is 5.92 Å². The standard InChI is InChI=1S/C14H17ClFNO/c1-14(13(17)18)5-4-10(8-14)6-9-2-3-11(15)12(16)7-9/h2-3,7,10H,4-6,8H2,1H3,(H2,17,18). The monoisotopic (exact) mass is 269 g/mol. The van der Waals surface area contributed by atoms with Gasteiger partial charge in [0.1, 0.15) is 5.82 Å². The Bertz CT molecular complexity index is 477. The lowest BCUT2D eigenvalue weighted by molar-refractivity contribution is -0.126. The zero-order valence-corrected chi connectivity index (χ0v) is 11.1. The van der Waals surface area contributed by atoms with Gasteiger partial charge in [0.2, 0.25) is 5.91 Å². The Morgan fingerprint density at radius 2 is 2.33 bits per heavy atom. The highest BCUT2D eigenvalue weighted by Crippen LogP contribution is 2.42. The molecule has 0 aromatic heterocycles. The van der Waals surface area contributed by atoms with Crippen LogP contribution in [0.4, 0.5) is 4.39 Å². The zero-order chi connectivity index (χ0) is 13.3. The first-order valence-electron chi connectivity index (χ1n) is 6.14. The summed E-state index contributed by atoms with van der Waals surface area (Å²) in [4.78, 5) is 11.4. The molecule has 2 unspecified atom stereocenters. The van der Waals surface area contributed by atoms with Crippen LogP contribution in [0.1, 0.15) is 31.7 Å². The van der Waals surface area contributed by atoms with Crippen molar-refractivity contribution in [3.05, 3.63) is 34.6 Å². The third kappa shape index (κ3) is 2.66. The maximum absolute atomic E-state index is 13.3. The number of primary amides is 1. The molecule has 4 heteroatoms. The van der Waals surface area contributed by atoms with E-state index >= 15 is 0 Å². The SMILES string of the molecule is CC1(C(N)=O)CCC(Cc2ccc(Cl)c(F)c2)C1. The van der Waals surface area contributed by atoms with Gasteiger partial charge in [0, 0.05) is 5.41 Å². The minimum absolute atomic E-state index is 0.146. The highest BCUT2D eigenvalue weighted by molar-refractivity contribution is 6.30. The summed E-state index contributed by atoms with van der Waals surface area (Å²) in [6.07, 6.45) is 3.34. The highest BCUT2D eigenvalue weighted by Gasteiger charge is 2.39. The molecule has 0 spiro atoms. The maximum atomic E-state index is 13.3. The molecular formula is C14H17ClFNO. The summed E-state index contributed by atoms with van der Waals surface area (Å²) in [5.41, 5.74) is 5.95. The average molecular weight is 270 g/mol. The van der Waals surface area contributed by atoms with Gasteiger partial charge in [-0.25, -0.2) is 4.39 Å². The summed E-state index contributed by atoms with van der Waals surface area (Å²) in [6.45, 7) is 1.91. The molecule has 0 heterocycles. The fourth-order valence-corrected chi connectivity index (χ4v) is 2.88. The number of hydrogen-bond donors (Lipinski definition) is 1. The molecule has 18 heavy (non-hydrogen) atoms. The first kappa shape index (κ1) is 13.3. The Morgan fingerprint density at radius 3 is 2.89 bits per heavy atom. The van der Waals surface area contributed by atoms with Crippen LogP contribution in [-0.2, 0) is 11.2 Å². The van der Waals surface area contributed by atoms with Crippen molar-refractivity contribution in [1.82, 2.24) is 0 Å². The molecule has 1 aromatic rings. The van der Waals surface area contributed by atoms with Gasteiger partial charge >= 0.3 is 0 Å². The summed E-state index contributed by atoms with van der Waals surface area (Å²) in [5, 5.41) is 0.146. The zero-order valence-electron chi connectivity index (χ0n) is 10.4. The number of hydrogen-bond acceptors (Lipinski definition) is 1. The van der Waals surface area contributed by atoms with Crippen LogP contribution in [0.25, 0.3) is 0 Å². The number of rotatable bonds is 3. The summed E-state index contributed by atoms with van der Waals surface area (Å²) < 4.78 is 13.3. The Labute approximate surface area is 111 Å². The van der Waals surface area contributed by atoms with Gasteiger partial charge in [0.25, 0.3) is 0 Å². The fraction of sp³-hybridized carbons (Fsp3) is 0.500. The number of benzene rings is 1. The van der Waals surface area contributed by atoms with E-state index in [1.54, 1.807) is 6.07 Å². The quantitative estimate of drug-likeness (QED) is 0.899. The van der Waals surface area contributed by atoms with E-state index in [9.17, 15) is 9.18 Å². The topological polar surface area (TPSA) is 43.1 Å². The predicted molar refractivity (Wildman–Crippen MR) is 69.8 cm³/mol. The van der Waals surface area contributed by atoms with Gasteiger partial charge in [0.15, 0.2) is 0 Å². The van der Waals surface area contributed by atoms with Crippen molar-refractivity contribution >= 4 is 17.5 Å². The third-order valence-corrected chi connectivity index (χ3v) is 4.25. The molecule has 0 bridgehead atoms. The maximum Gasteiger partial charge on any atom is 0.223 e. The number of carbonyl (C=O) groups excluding carboxylic acids is 1. The Morgan fingerprint density at radius 1 is 1.61 bits per heavy atom. The van der Waals surface area contributed by atoms with Crippen molar-refractivity contribution in [1.29, 1.82) is 0 Å². The Balaban J connectivity index is 2.03. The van der Waals surface area contributed by atoms with E-state index in [4.69, 9.17) is 17.3 Å². The lowest BCUT2D eigenvalue weighted by atomic mass is 9.86. The third-order valence-electron chi connectivity index (χ3n) is 3.95. The average Bonchev–Trinajstić information content (AvgIpc) is 2.67. The lowest BCUT2D eigenvalue weighted by Gasteiger charge is -2.19. The van der Waals surface area contributed by atoms with Crippen molar-refractivity contribution in [2.45, 2.75) is 32.6 Å². The van der Waals surface area contributed by atoms with Crippen LogP contribution >= 0.6 is 11.6 Å². The molecule has 1 aromatic carbocycles. The molecule has 2 rings (SSSR count). The number of carbonyl (C=O) groups is 1. The fourth-order valence-electron chi connectivity index (χ4n) is 2.76. The van der Waals surface area contributed by atoms with E-state index in [-0.39, 0.29) is 16.7 Å². The number of nitrogens with two attached hydrogens (primary N) is 1. The van der Waals surface area contributed by atoms with Crippen LogP contribution in [0.3, 0.4) is 0 Å². The molecule has 1 fully saturated rings. The van der Waals surface area contributed by atoms with Gasteiger partial charge in [-0.05, 0) is 49.3 Å². The van der Waals surface area contributed by atoms with Gasteiger partial charge in [0.05, 0.1) is 5.02 Å². The van der Waals surface area contributed by atoms with Crippen LogP contribution < -0.4 is 5.73 Å². The van der Waals surface area contributed by atoms with E-state index in [2.05, 4.69) is 0 Å². The van der Waals surface area contributed by atoms with Gasteiger partial charge in [-0.2, -0.15) is 0 Å². The number of amides is 1. The summed E-state index contributed by atoms with van der Waals surface area (Å²) in [7, 11) is 0. The molecule has 98 valence electrons. The van der Waals surface area contributed by atoms with E-state index < -0.39 is 5.41 Å². The molecule has 2 N–H and O–H groups in total. The minimum Gasteiger partial charge on any atom is -0.369 e. The number of halogens is 2. The molecule has 0 radical (unpaired) electrons. The molecule has 1 aliphatic carbocycles. The largest absolute Gasteiger partial charge is 0.369 e. The lowest BCUT2D eigenvalue weighted by Crippen LogP contribution is -2.32. The highest BCUT2D eigenvalue weighted by atomic mass is 35.5. The van der Waals surface area contributed by atoms with Crippen LogP contribution in [0.2, 0.25) is 5.02 Å². The second-order valence-corrected chi connectivity index (χ2v) is 5.89. The molecular weight excluding hydrogens is 253 g/mol. The molecule has 0 saturated heterocycles. The summed E-state index contributed by atoms with van der Waals surface area (Å²) >= 11 is 5.65. The van der Waals surface area contributed by atoms with Gasteiger partial charge in [-0.15, -0.1) is 0 Å². The van der Waals surface area contributed by atoms with Crippen molar-refractivity contribution in [3.63, 3.8) is 0 Å². The smallest absolute Gasteiger partial charge is 0.223 e. The second-order valence-electron chi connectivity index (χ2n) is 5.49. The van der Waals surface area contributed by atoms with Gasteiger partial charge < -0.3 is 5.73 Å². The van der Waals surface area contributed by atoms with Gasteiger partial charge in [-0.1, -0.05) is 24.6 Å². The van der Waals surface area contributed by atoms with E-state index in [1.807, 2.05) is 13.0 Å². The first-order chi connectivity index (χ1) is 8.40. The second kappa shape index (κ2) is 4.88. The minimum atomic E-state index is -0.393. The predicted octanol–water partition coefficient (Wildman–Crippen LogP) is 3.31. The van der Waals surface area contributed by atoms with Crippen LogP contribution in [0.5, 0.6) is 0 Å². The van der Waals surface area contributed by atoms with Crippen molar-refractivity contribution in [2.24, 2.45) is 17.1 Å². The van der Waals surface area contributed by atoms with Crippen LogP contribution in [0.15, 0.2) is 18.2 Å². The first-order valence-corrected chi connectivity index (χ1v) is 6.52. The molecule has 2 nitrogen and oxygen atoms in total. The van der Waals surface area contributed by atoms with E-state index in [1.165, 1.54) is 6.07 Å². The molecule has 0 aliphatic heterocycles. The normalized spacial score (nSPS) is 27.4. The summed E-state index contributed by atoms with van der Waals surface area (Å²) in [6, 6.07) is 4.89. The van der Waals surface area contributed by atoms with Gasteiger partial charge in [-0.3, -0.25) is 4.79 Å². The molecule has 1 amide bonds. The molecule has 1 aliphatic rings. The molecule has 2 atom stereocenters. The van der Waals surface area contributed by atoms with Crippen molar-refractivity contribution in [2.75, 3.05) is 0 Å². The van der Waals surface area contributed by atoms with Crippen molar-refractivity contribution < 1.29 is 9.18 Å². The Hall–Kier alpha value is -1.09. The van der Waals surface area contributed by atoms with E-state index in [0.717, 1.165) is 31.2 Å². The summed E-state index contributed by atoms with van der Waals surface area (Å²) in [5.74, 6) is -0.222. The van der Waals surface area contributed by atoms with Crippen LogP contribution in [0, 0.1) is 17.2 Å². The van der Waals surface area contributed by atoms with Crippen molar-refractivity contribution in [3.8, 4) is 0 Å². The van der Waals surface area contributed by atoms with Crippen LogP contribution in [-0.4, -0.2) is 5.91 Å².